The van der Waals surface area contributed by atoms with Gasteiger partial charge in [0.15, 0.2) is 0 Å². The molecule has 0 saturated carbocycles. The molecule has 3 nitrogen and oxygen atoms in total. The van der Waals surface area contributed by atoms with Crippen molar-refractivity contribution in [2.75, 3.05) is 40.3 Å². The molecule has 0 amide bonds. The van der Waals surface area contributed by atoms with Crippen LogP contribution in [0.4, 0.5) is 0 Å². The van der Waals surface area contributed by atoms with Crippen molar-refractivity contribution in [3.8, 4) is 0 Å². The van der Waals surface area contributed by atoms with Gasteiger partial charge in [0.25, 0.3) is 0 Å². The summed E-state index contributed by atoms with van der Waals surface area (Å²) >= 11 is 0. The Balaban J connectivity index is 2.67. The average Bonchev–Trinajstić information content (AvgIpc) is 2.35. The molecule has 3 heteroatoms. The summed E-state index contributed by atoms with van der Waals surface area (Å²) in [5, 5.41) is 3.28. The van der Waals surface area contributed by atoms with E-state index in [1.165, 1.54) is 32.5 Å². The van der Waals surface area contributed by atoms with Crippen molar-refractivity contribution in [1.82, 2.24) is 15.1 Å². The zero-order valence-corrected chi connectivity index (χ0v) is 11.7. The van der Waals surface area contributed by atoms with E-state index >= 15 is 0 Å². The van der Waals surface area contributed by atoms with E-state index in [1.54, 1.807) is 0 Å². The van der Waals surface area contributed by atoms with Gasteiger partial charge in [0.2, 0.25) is 0 Å². The molecule has 0 aromatic carbocycles. The van der Waals surface area contributed by atoms with Crippen LogP contribution in [-0.4, -0.2) is 61.7 Å². The van der Waals surface area contributed by atoms with Crippen LogP contribution in [0.15, 0.2) is 0 Å². The fourth-order valence-electron chi connectivity index (χ4n) is 2.68. The highest BCUT2D eigenvalue weighted by molar-refractivity contribution is 4.87. The Morgan fingerprint density at radius 3 is 2.50 bits per heavy atom. The van der Waals surface area contributed by atoms with E-state index in [0.29, 0.717) is 11.6 Å². The summed E-state index contributed by atoms with van der Waals surface area (Å²) in [5.41, 5.74) is 0.295. The molecular formula is C13H29N3. The molecule has 0 aromatic rings. The van der Waals surface area contributed by atoms with Crippen LogP contribution in [0.5, 0.6) is 0 Å². The Labute approximate surface area is 101 Å². The quantitative estimate of drug-likeness (QED) is 0.786. The number of likely N-dealkylation sites (N-methyl/N-ethyl adjacent to an activating group) is 1. The van der Waals surface area contributed by atoms with E-state index in [4.69, 9.17) is 0 Å². The zero-order chi connectivity index (χ0) is 12.2. The van der Waals surface area contributed by atoms with Gasteiger partial charge in [-0.3, -0.25) is 4.90 Å². The van der Waals surface area contributed by atoms with E-state index in [9.17, 15) is 0 Å². The van der Waals surface area contributed by atoms with Crippen molar-refractivity contribution >= 4 is 0 Å². The Morgan fingerprint density at radius 1 is 1.25 bits per heavy atom. The van der Waals surface area contributed by atoms with E-state index < -0.39 is 0 Å². The highest BCUT2D eigenvalue weighted by Crippen LogP contribution is 2.22. The second kappa shape index (κ2) is 5.99. The van der Waals surface area contributed by atoms with Crippen LogP contribution in [0.2, 0.25) is 0 Å². The van der Waals surface area contributed by atoms with Gasteiger partial charge in [0.05, 0.1) is 0 Å². The molecule has 1 fully saturated rings. The Morgan fingerprint density at radius 2 is 1.94 bits per heavy atom. The third-order valence-electron chi connectivity index (χ3n) is 3.49. The summed E-state index contributed by atoms with van der Waals surface area (Å²) in [6.45, 7) is 11.8. The summed E-state index contributed by atoms with van der Waals surface area (Å²) in [6, 6.07) is 0.694. The van der Waals surface area contributed by atoms with Gasteiger partial charge >= 0.3 is 0 Å². The lowest BCUT2D eigenvalue weighted by molar-refractivity contribution is 0.0782. The first-order valence-corrected chi connectivity index (χ1v) is 6.55. The molecule has 1 atom stereocenters. The first-order chi connectivity index (χ1) is 7.45. The molecular weight excluding hydrogens is 198 g/mol. The molecule has 1 aliphatic heterocycles. The maximum Gasteiger partial charge on any atom is 0.0240 e. The molecule has 1 saturated heterocycles. The molecule has 1 heterocycles. The third-order valence-corrected chi connectivity index (χ3v) is 3.49. The van der Waals surface area contributed by atoms with Gasteiger partial charge in [0.1, 0.15) is 0 Å². The van der Waals surface area contributed by atoms with Crippen molar-refractivity contribution in [2.24, 2.45) is 0 Å². The minimum Gasteiger partial charge on any atom is -0.320 e. The van der Waals surface area contributed by atoms with Gasteiger partial charge in [-0.25, -0.2) is 0 Å². The highest BCUT2D eigenvalue weighted by Gasteiger charge is 2.30. The van der Waals surface area contributed by atoms with Crippen LogP contribution in [0, 0.1) is 0 Å². The van der Waals surface area contributed by atoms with Gasteiger partial charge in [-0.15, -0.1) is 0 Å². The predicted molar refractivity (Wildman–Crippen MR) is 70.9 cm³/mol. The second-order valence-corrected chi connectivity index (χ2v) is 6.03. The summed E-state index contributed by atoms with van der Waals surface area (Å²) in [5.74, 6) is 0. The largest absolute Gasteiger partial charge is 0.320 e. The van der Waals surface area contributed by atoms with Crippen LogP contribution < -0.4 is 5.32 Å². The molecule has 1 aliphatic rings. The third kappa shape index (κ3) is 4.04. The van der Waals surface area contributed by atoms with Gasteiger partial charge in [-0.05, 0) is 60.8 Å². The molecule has 96 valence electrons. The summed E-state index contributed by atoms with van der Waals surface area (Å²) < 4.78 is 0. The summed E-state index contributed by atoms with van der Waals surface area (Å²) in [6.07, 6.45) is 2.54. The van der Waals surface area contributed by atoms with E-state index in [2.05, 4.69) is 42.9 Å². The molecule has 0 aliphatic carbocycles. The zero-order valence-electron chi connectivity index (χ0n) is 11.7. The molecule has 1 unspecified atom stereocenters. The average molecular weight is 227 g/mol. The minimum atomic E-state index is 0.295. The number of hydrogen-bond donors (Lipinski definition) is 1. The van der Waals surface area contributed by atoms with E-state index in [1.807, 2.05) is 7.05 Å². The monoisotopic (exact) mass is 227 g/mol. The van der Waals surface area contributed by atoms with Gasteiger partial charge in [0, 0.05) is 24.7 Å². The summed E-state index contributed by atoms with van der Waals surface area (Å²) in [7, 11) is 4.29. The van der Waals surface area contributed by atoms with E-state index in [0.717, 1.165) is 6.54 Å². The standard InChI is InChI=1S/C13H29N3/c1-13(2,3)16-10-6-9-15(5)11-12(16)7-8-14-4/h12,14H,6-11H2,1-5H3. The van der Waals surface area contributed by atoms with Crippen LogP contribution in [0.25, 0.3) is 0 Å². The number of nitrogens with zero attached hydrogens (tertiary/aromatic N) is 2. The topological polar surface area (TPSA) is 18.5 Å². The Hall–Kier alpha value is -0.120. The number of rotatable bonds is 3. The van der Waals surface area contributed by atoms with Crippen molar-refractivity contribution in [1.29, 1.82) is 0 Å². The summed E-state index contributed by atoms with van der Waals surface area (Å²) in [4.78, 5) is 5.17. The lowest BCUT2D eigenvalue weighted by Gasteiger charge is -2.41. The molecule has 16 heavy (non-hydrogen) atoms. The minimum absolute atomic E-state index is 0.295. The second-order valence-electron chi connectivity index (χ2n) is 6.03. The molecule has 1 N–H and O–H groups in total. The van der Waals surface area contributed by atoms with Gasteiger partial charge < -0.3 is 10.2 Å². The maximum atomic E-state index is 3.28. The normalized spacial score (nSPS) is 25.7. The van der Waals surface area contributed by atoms with Crippen LogP contribution in [0.3, 0.4) is 0 Å². The fraction of sp³-hybridized carbons (Fsp3) is 1.00. The Bertz CT molecular complexity index is 198. The van der Waals surface area contributed by atoms with Crippen molar-refractivity contribution < 1.29 is 0 Å². The van der Waals surface area contributed by atoms with Crippen LogP contribution >= 0.6 is 0 Å². The number of nitrogens with one attached hydrogen (secondary N) is 1. The first-order valence-electron chi connectivity index (χ1n) is 6.55. The lowest BCUT2D eigenvalue weighted by Crippen LogP contribution is -2.51. The maximum absolute atomic E-state index is 3.28. The predicted octanol–water partition coefficient (Wildman–Crippen LogP) is 1.40. The molecule has 0 radical (unpaired) electrons. The Kier molecular flexibility index (Phi) is 5.22. The molecule has 1 rings (SSSR count). The van der Waals surface area contributed by atoms with Crippen molar-refractivity contribution in [3.63, 3.8) is 0 Å². The van der Waals surface area contributed by atoms with Crippen LogP contribution in [0.1, 0.15) is 33.6 Å². The smallest absolute Gasteiger partial charge is 0.0240 e. The fourth-order valence-corrected chi connectivity index (χ4v) is 2.68. The highest BCUT2D eigenvalue weighted by atomic mass is 15.3. The van der Waals surface area contributed by atoms with Gasteiger partial charge in [-0.1, -0.05) is 0 Å². The molecule has 0 aromatic heterocycles. The van der Waals surface area contributed by atoms with Crippen LogP contribution in [-0.2, 0) is 0 Å². The number of hydrogen-bond acceptors (Lipinski definition) is 3. The van der Waals surface area contributed by atoms with Crippen molar-refractivity contribution in [2.45, 2.75) is 45.2 Å². The first kappa shape index (κ1) is 13.9. The molecule has 0 spiro atoms. The lowest BCUT2D eigenvalue weighted by atomic mass is 10.0. The van der Waals surface area contributed by atoms with Gasteiger partial charge in [-0.2, -0.15) is 0 Å². The molecule has 0 bridgehead atoms. The van der Waals surface area contributed by atoms with E-state index in [-0.39, 0.29) is 0 Å². The van der Waals surface area contributed by atoms with Crippen molar-refractivity contribution in [3.05, 3.63) is 0 Å². The SMILES string of the molecule is CNCCC1CN(C)CCCN1C(C)(C)C.